The summed E-state index contributed by atoms with van der Waals surface area (Å²) in [5.41, 5.74) is 7.73. The van der Waals surface area contributed by atoms with Crippen LogP contribution in [-0.4, -0.2) is 5.16 Å². The third-order valence-electron chi connectivity index (χ3n) is 3.04. The monoisotopic (exact) mass is 366 g/mol. The highest BCUT2D eigenvalue weighted by Gasteiger charge is 2.21. The summed E-state index contributed by atoms with van der Waals surface area (Å²) in [5.74, 6) is -0.305. The molecule has 0 saturated heterocycles. The summed E-state index contributed by atoms with van der Waals surface area (Å²) in [4.78, 5) is 0. The van der Waals surface area contributed by atoms with Gasteiger partial charge in [-0.1, -0.05) is 35.0 Å². The van der Waals surface area contributed by atoms with Crippen molar-refractivity contribution in [1.82, 2.24) is 5.16 Å². The molecular formula is C15H9BrClFN2O. The second kappa shape index (κ2) is 5.50. The molecule has 0 bridgehead atoms. The van der Waals surface area contributed by atoms with Gasteiger partial charge in [0.15, 0.2) is 0 Å². The lowest BCUT2D eigenvalue weighted by Gasteiger charge is -2.05. The molecule has 0 unspecified atom stereocenters. The lowest BCUT2D eigenvalue weighted by Crippen LogP contribution is -1.90. The number of hydrogen-bond acceptors (Lipinski definition) is 3. The molecule has 6 heteroatoms. The molecule has 1 aromatic heterocycles. The molecular weight excluding hydrogens is 359 g/mol. The molecule has 0 radical (unpaired) electrons. The van der Waals surface area contributed by atoms with Crippen molar-refractivity contribution >= 4 is 33.4 Å². The minimum absolute atomic E-state index is 0.117. The fourth-order valence-electron chi connectivity index (χ4n) is 2.10. The van der Waals surface area contributed by atoms with Crippen LogP contribution >= 0.6 is 27.5 Å². The predicted molar refractivity (Wildman–Crippen MR) is 84.5 cm³/mol. The van der Waals surface area contributed by atoms with Crippen molar-refractivity contribution in [3.8, 4) is 22.4 Å². The number of nitrogens with two attached hydrogens (primary N) is 1. The average molecular weight is 368 g/mol. The number of benzene rings is 2. The van der Waals surface area contributed by atoms with Crippen LogP contribution in [0.4, 0.5) is 10.3 Å². The maximum Gasteiger partial charge on any atom is 0.230 e. The summed E-state index contributed by atoms with van der Waals surface area (Å²) in [5, 5.41) is 4.44. The Morgan fingerprint density at radius 2 is 1.95 bits per heavy atom. The number of nitrogens with zero attached hydrogens (tertiary/aromatic N) is 1. The fourth-order valence-corrected chi connectivity index (χ4v) is 2.65. The first-order valence-corrected chi connectivity index (χ1v) is 7.20. The Morgan fingerprint density at radius 1 is 1.19 bits per heavy atom. The van der Waals surface area contributed by atoms with E-state index in [4.69, 9.17) is 21.9 Å². The van der Waals surface area contributed by atoms with E-state index in [1.54, 1.807) is 36.4 Å². The Balaban J connectivity index is 2.24. The summed E-state index contributed by atoms with van der Waals surface area (Å²) in [6.45, 7) is 0. The standard InChI is InChI=1S/C15H9BrClFN2O/c16-11-6-2-5-10(13(11)18)14-12(15(19)21-20-14)8-3-1-4-9(17)7-8/h1-7H,19H2. The van der Waals surface area contributed by atoms with Crippen molar-refractivity contribution in [2.24, 2.45) is 0 Å². The van der Waals surface area contributed by atoms with Gasteiger partial charge in [0, 0.05) is 10.6 Å². The van der Waals surface area contributed by atoms with Gasteiger partial charge in [-0.3, -0.25) is 0 Å². The molecule has 2 aromatic carbocycles. The smallest absolute Gasteiger partial charge is 0.230 e. The third-order valence-corrected chi connectivity index (χ3v) is 3.89. The Labute approximate surface area is 133 Å². The first kappa shape index (κ1) is 14.1. The van der Waals surface area contributed by atoms with Gasteiger partial charge in [-0.25, -0.2) is 4.39 Å². The minimum Gasteiger partial charge on any atom is -0.367 e. The van der Waals surface area contributed by atoms with Crippen molar-refractivity contribution in [2.45, 2.75) is 0 Å². The van der Waals surface area contributed by atoms with E-state index in [1.807, 2.05) is 6.07 Å². The zero-order valence-corrected chi connectivity index (χ0v) is 13.0. The largest absolute Gasteiger partial charge is 0.367 e. The van der Waals surface area contributed by atoms with Gasteiger partial charge in [0.1, 0.15) is 11.5 Å². The maximum absolute atomic E-state index is 14.3. The zero-order valence-electron chi connectivity index (χ0n) is 10.6. The van der Waals surface area contributed by atoms with Crippen LogP contribution in [0.3, 0.4) is 0 Å². The molecule has 3 rings (SSSR count). The number of aromatic nitrogens is 1. The summed E-state index contributed by atoms with van der Waals surface area (Å²) >= 11 is 9.15. The van der Waals surface area contributed by atoms with Gasteiger partial charge in [0.05, 0.1) is 10.0 Å². The fraction of sp³-hybridized carbons (Fsp3) is 0. The highest BCUT2D eigenvalue weighted by atomic mass is 79.9. The molecule has 0 atom stereocenters. The van der Waals surface area contributed by atoms with Crippen LogP contribution in [0.15, 0.2) is 51.5 Å². The van der Waals surface area contributed by atoms with E-state index in [0.717, 1.165) is 5.56 Å². The summed E-state index contributed by atoms with van der Waals surface area (Å²) in [6, 6.07) is 12.0. The van der Waals surface area contributed by atoms with Gasteiger partial charge < -0.3 is 10.3 Å². The van der Waals surface area contributed by atoms with E-state index in [9.17, 15) is 4.39 Å². The van der Waals surface area contributed by atoms with E-state index in [1.165, 1.54) is 0 Å². The van der Waals surface area contributed by atoms with Crippen LogP contribution in [0.2, 0.25) is 5.02 Å². The van der Waals surface area contributed by atoms with Gasteiger partial charge in [-0.2, -0.15) is 0 Å². The molecule has 0 spiro atoms. The SMILES string of the molecule is Nc1onc(-c2cccc(Br)c2F)c1-c1cccc(Cl)c1. The molecule has 0 amide bonds. The molecule has 3 nitrogen and oxygen atoms in total. The molecule has 0 aliphatic carbocycles. The van der Waals surface area contributed by atoms with Crippen LogP contribution < -0.4 is 5.73 Å². The highest BCUT2D eigenvalue weighted by molar-refractivity contribution is 9.10. The van der Waals surface area contributed by atoms with Crippen molar-refractivity contribution in [3.63, 3.8) is 0 Å². The first-order valence-electron chi connectivity index (χ1n) is 6.03. The maximum atomic E-state index is 14.3. The van der Waals surface area contributed by atoms with E-state index < -0.39 is 5.82 Å². The number of nitrogen functional groups attached to an aromatic ring is 1. The number of anilines is 1. The lowest BCUT2D eigenvalue weighted by atomic mass is 10.0. The van der Waals surface area contributed by atoms with Crippen LogP contribution in [-0.2, 0) is 0 Å². The Kier molecular flexibility index (Phi) is 3.69. The normalized spacial score (nSPS) is 10.8. The van der Waals surface area contributed by atoms with Gasteiger partial charge >= 0.3 is 0 Å². The summed E-state index contributed by atoms with van der Waals surface area (Å²) in [7, 11) is 0. The molecule has 0 fully saturated rings. The topological polar surface area (TPSA) is 52.0 Å². The van der Waals surface area contributed by atoms with Gasteiger partial charge in [-0.05, 0) is 45.8 Å². The van der Waals surface area contributed by atoms with Gasteiger partial charge in [0.2, 0.25) is 5.88 Å². The van der Waals surface area contributed by atoms with E-state index >= 15 is 0 Å². The molecule has 2 N–H and O–H groups in total. The molecule has 0 aliphatic heterocycles. The molecule has 106 valence electrons. The Morgan fingerprint density at radius 3 is 2.71 bits per heavy atom. The Hall–Kier alpha value is -1.85. The summed E-state index contributed by atoms with van der Waals surface area (Å²) in [6.07, 6.45) is 0. The first-order chi connectivity index (χ1) is 10.1. The molecule has 3 aromatic rings. The zero-order chi connectivity index (χ0) is 15.0. The summed E-state index contributed by atoms with van der Waals surface area (Å²) < 4.78 is 19.7. The third kappa shape index (κ3) is 2.54. The van der Waals surface area contributed by atoms with Crippen molar-refractivity contribution in [3.05, 3.63) is 57.8 Å². The average Bonchev–Trinajstić information content (AvgIpc) is 2.83. The second-order valence-electron chi connectivity index (χ2n) is 4.38. The van der Waals surface area contributed by atoms with Crippen molar-refractivity contribution in [2.75, 3.05) is 5.73 Å². The molecule has 21 heavy (non-hydrogen) atoms. The lowest BCUT2D eigenvalue weighted by molar-refractivity contribution is 0.439. The quantitative estimate of drug-likeness (QED) is 0.682. The molecule has 0 saturated carbocycles. The van der Waals surface area contributed by atoms with E-state index in [2.05, 4.69) is 21.1 Å². The predicted octanol–water partition coefficient (Wildman–Crippen LogP) is 5.15. The number of hydrogen-bond donors (Lipinski definition) is 1. The van der Waals surface area contributed by atoms with Crippen LogP contribution in [0, 0.1) is 5.82 Å². The number of rotatable bonds is 2. The van der Waals surface area contributed by atoms with Crippen molar-refractivity contribution in [1.29, 1.82) is 0 Å². The van der Waals surface area contributed by atoms with Crippen LogP contribution in [0.25, 0.3) is 22.4 Å². The molecule has 1 heterocycles. The van der Waals surface area contributed by atoms with Crippen molar-refractivity contribution < 1.29 is 8.91 Å². The van der Waals surface area contributed by atoms with Crippen LogP contribution in [0.1, 0.15) is 0 Å². The Bertz CT molecular complexity index is 819. The van der Waals surface area contributed by atoms with E-state index in [0.29, 0.717) is 26.3 Å². The molecule has 0 aliphatic rings. The number of halogens is 3. The van der Waals surface area contributed by atoms with Gasteiger partial charge in [0.25, 0.3) is 0 Å². The van der Waals surface area contributed by atoms with Crippen LogP contribution in [0.5, 0.6) is 0 Å². The minimum atomic E-state index is -0.422. The second-order valence-corrected chi connectivity index (χ2v) is 5.67. The van der Waals surface area contributed by atoms with E-state index in [-0.39, 0.29) is 5.88 Å². The highest BCUT2D eigenvalue weighted by Crippen LogP contribution is 2.39. The van der Waals surface area contributed by atoms with Gasteiger partial charge in [-0.15, -0.1) is 0 Å².